The molecule has 0 unspecified atom stereocenters. The highest BCUT2D eigenvalue weighted by Crippen LogP contribution is 2.46. The van der Waals surface area contributed by atoms with Crippen LogP contribution in [0.15, 0.2) is 85.2 Å². The van der Waals surface area contributed by atoms with Gasteiger partial charge in [0.15, 0.2) is 0 Å². The van der Waals surface area contributed by atoms with E-state index >= 15 is 0 Å². The summed E-state index contributed by atoms with van der Waals surface area (Å²) in [6.07, 6.45) is 4.78. The summed E-state index contributed by atoms with van der Waals surface area (Å²) < 4.78 is 25.4. The zero-order valence-electron chi connectivity index (χ0n) is 23.6. The Kier molecular flexibility index (Phi) is 10.5. The van der Waals surface area contributed by atoms with Crippen molar-refractivity contribution in [2.24, 2.45) is 0 Å². The van der Waals surface area contributed by atoms with Crippen LogP contribution in [0.25, 0.3) is 11.8 Å². The molecule has 1 aromatic heterocycles. The van der Waals surface area contributed by atoms with Gasteiger partial charge < -0.3 is 19.7 Å². The third-order valence-corrected chi connectivity index (χ3v) is 8.28. The molecule has 11 nitrogen and oxygen atoms in total. The van der Waals surface area contributed by atoms with E-state index in [1.807, 2.05) is 55.5 Å². The first-order chi connectivity index (χ1) is 20.3. The molecule has 0 saturated carbocycles. The number of nitrogens with zero attached hydrogens (tertiary/aromatic N) is 4. The molecule has 0 aliphatic rings. The standard InChI is InChI=1S/C30H33N6O5P/c1-4-40-42(39,41-5-2)26-15-13-25(14-16-26)32-30(38)27(20-23-9-7-6-8-10-23)33-29(37)18-12-24-19-22(3)11-17-28(24)36-21-31-34-35-36/h6-19,21,27H,4-5,20H2,1-3H3,(H,32,38)(H,33,37)/b18-12+/t27-/m0/s1. The summed E-state index contributed by atoms with van der Waals surface area (Å²) in [5.74, 6) is -0.851. The lowest BCUT2D eigenvalue weighted by molar-refractivity contribution is -0.123. The van der Waals surface area contributed by atoms with Crippen LogP contribution in [0.2, 0.25) is 0 Å². The Morgan fingerprint density at radius 3 is 2.36 bits per heavy atom. The number of carbonyl (C=O) groups is 2. The number of amides is 2. The smallest absolute Gasteiger partial charge is 0.340 e. The summed E-state index contributed by atoms with van der Waals surface area (Å²) >= 11 is 0. The van der Waals surface area contributed by atoms with Gasteiger partial charge in [-0.2, -0.15) is 4.68 Å². The highest BCUT2D eigenvalue weighted by Gasteiger charge is 2.27. The molecule has 218 valence electrons. The van der Waals surface area contributed by atoms with Gasteiger partial charge in [0.1, 0.15) is 12.4 Å². The van der Waals surface area contributed by atoms with E-state index in [4.69, 9.17) is 9.05 Å². The van der Waals surface area contributed by atoms with Crippen LogP contribution >= 0.6 is 7.60 Å². The molecule has 4 rings (SSSR count). The predicted molar refractivity (Wildman–Crippen MR) is 161 cm³/mol. The van der Waals surface area contributed by atoms with Gasteiger partial charge in [0, 0.05) is 23.7 Å². The van der Waals surface area contributed by atoms with Gasteiger partial charge in [-0.25, -0.2) is 0 Å². The summed E-state index contributed by atoms with van der Waals surface area (Å²) in [6, 6.07) is 20.7. The molecular formula is C30H33N6O5P. The largest absolute Gasteiger partial charge is 0.361 e. The van der Waals surface area contributed by atoms with Crippen LogP contribution in [0, 0.1) is 6.92 Å². The van der Waals surface area contributed by atoms with Crippen molar-refractivity contribution in [2.75, 3.05) is 18.5 Å². The number of anilines is 1. The number of tetrazole rings is 1. The van der Waals surface area contributed by atoms with E-state index in [0.29, 0.717) is 16.7 Å². The number of aryl methyl sites for hydroxylation is 1. The molecule has 3 aromatic carbocycles. The minimum atomic E-state index is -3.46. The minimum absolute atomic E-state index is 0.230. The third-order valence-electron chi connectivity index (χ3n) is 6.16. The van der Waals surface area contributed by atoms with Gasteiger partial charge in [-0.1, -0.05) is 42.0 Å². The highest BCUT2D eigenvalue weighted by atomic mass is 31.2. The quantitative estimate of drug-likeness (QED) is 0.175. The van der Waals surface area contributed by atoms with Crippen molar-refractivity contribution < 1.29 is 23.2 Å². The van der Waals surface area contributed by atoms with Gasteiger partial charge in [0.25, 0.3) is 0 Å². The predicted octanol–water partition coefficient (Wildman–Crippen LogP) is 4.24. The normalized spacial score (nSPS) is 12.3. The molecule has 0 bridgehead atoms. The molecular weight excluding hydrogens is 555 g/mol. The van der Waals surface area contributed by atoms with Crippen molar-refractivity contribution in [3.8, 4) is 5.69 Å². The fourth-order valence-corrected chi connectivity index (χ4v) is 5.78. The average Bonchev–Trinajstić information content (AvgIpc) is 3.52. The van der Waals surface area contributed by atoms with E-state index in [9.17, 15) is 14.2 Å². The molecule has 4 aromatic rings. The number of aromatic nitrogens is 4. The van der Waals surface area contributed by atoms with E-state index < -0.39 is 25.5 Å². The molecule has 1 atom stereocenters. The molecule has 0 radical (unpaired) electrons. The highest BCUT2D eigenvalue weighted by molar-refractivity contribution is 7.62. The molecule has 0 fully saturated rings. The Hall–Kier alpha value is -4.44. The zero-order chi connectivity index (χ0) is 30.0. The molecule has 12 heteroatoms. The second-order valence-electron chi connectivity index (χ2n) is 9.27. The van der Waals surface area contributed by atoms with E-state index in [0.717, 1.165) is 16.7 Å². The Balaban J connectivity index is 1.51. The Morgan fingerprint density at radius 2 is 1.71 bits per heavy atom. The maximum atomic E-state index is 13.4. The third kappa shape index (κ3) is 8.07. The maximum absolute atomic E-state index is 13.4. The molecule has 42 heavy (non-hydrogen) atoms. The zero-order valence-corrected chi connectivity index (χ0v) is 24.5. The topological polar surface area (TPSA) is 137 Å². The Labute approximate surface area is 244 Å². The molecule has 1 heterocycles. The second kappa shape index (κ2) is 14.5. The SMILES string of the molecule is CCOP(=O)(OCC)c1ccc(NC(=O)[C@H](Cc2ccccc2)NC(=O)/C=C/c2cc(C)ccc2-n2cnnn2)cc1. The van der Waals surface area contributed by atoms with Crippen molar-refractivity contribution in [3.63, 3.8) is 0 Å². The lowest BCUT2D eigenvalue weighted by Crippen LogP contribution is -2.44. The van der Waals surface area contributed by atoms with Crippen molar-refractivity contribution >= 4 is 36.5 Å². The lowest BCUT2D eigenvalue weighted by Gasteiger charge is -2.19. The molecule has 0 aliphatic heterocycles. The first kappa shape index (κ1) is 30.5. The minimum Gasteiger partial charge on any atom is -0.340 e. The van der Waals surface area contributed by atoms with Crippen LogP contribution in [0.1, 0.15) is 30.5 Å². The summed E-state index contributed by atoms with van der Waals surface area (Å²) in [4.78, 5) is 26.4. The number of hydrogen-bond donors (Lipinski definition) is 2. The van der Waals surface area contributed by atoms with Crippen molar-refractivity contribution in [1.29, 1.82) is 0 Å². The number of benzene rings is 3. The van der Waals surface area contributed by atoms with Crippen LogP contribution in [0.4, 0.5) is 5.69 Å². The Morgan fingerprint density at radius 1 is 1.00 bits per heavy atom. The van der Waals surface area contributed by atoms with Gasteiger partial charge in [-0.15, -0.1) is 5.10 Å². The van der Waals surface area contributed by atoms with Gasteiger partial charge in [0.2, 0.25) is 11.8 Å². The second-order valence-corrected chi connectivity index (χ2v) is 11.3. The molecule has 0 aliphatic carbocycles. The Bertz CT molecular complexity index is 1550. The molecule has 0 saturated heterocycles. The molecule has 0 spiro atoms. The summed E-state index contributed by atoms with van der Waals surface area (Å²) in [6.45, 7) is 5.89. The molecule has 2 amide bonds. The number of hydrogen-bond acceptors (Lipinski definition) is 8. The van der Waals surface area contributed by atoms with E-state index in [1.165, 1.54) is 17.1 Å². The maximum Gasteiger partial charge on any atom is 0.361 e. The van der Waals surface area contributed by atoms with Crippen molar-refractivity contribution in [2.45, 2.75) is 33.2 Å². The van der Waals surface area contributed by atoms with Gasteiger partial charge in [-0.3, -0.25) is 14.2 Å². The monoisotopic (exact) mass is 588 g/mol. The van der Waals surface area contributed by atoms with E-state index in [2.05, 4.69) is 26.2 Å². The van der Waals surface area contributed by atoms with Gasteiger partial charge in [-0.05, 0) is 79.2 Å². The van der Waals surface area contributed by atoms with E-state index in [1.54, 1.807) is 44.2 Å². The van der Waals surface area contributed by atoms with Gasteiger partial charge >= 0.3 is 7.60 Å². The number of carbonyl (C=O) groups excluding carboxylic acids is 2. The average molecular weight is 589 g/mol. The van der Waals surface area contributed by atoms with Crippen LogP contribution in [-0.4, -0.2) is 51.3 Å². The first-order valence-electron chi connectivity index (χ1n) is 13.5. The summed E-state index contributed by atoms with van der Waals surface area (Å²) in [5.41, 5.74) is 3.79. The van der Waals surface area contributed by atoms with Gasteiger partial charge in [0.05, 0.1) is 24.2 Å². The van der Waals surface area contributed by atoms with Crippen LogP contribution in [-0.2, 0) is 29.6 Å². The first-order valence-corrected chi connectivity index (χ1v) is 15.0. The fourth-order valence-electron chi connectivity index (χ4n) is 4.22. The summed E-state index contributed by atoms with van der Waals surface area (Å²) in [5, 5.41) is 17.4. The summed E-state index contributed by atoms with van der Waals surface area (Å²) in [7, 11) is -3.46. The van der Waals surface area contributed by atoms with Crippen LogP contribution < -0.4 is 15.9 Å². The number of nitrogens with one attached hydrogen (secondary N) is 2. The van der Waals surface area contributed by atoms with Crippen molar-refractivity contribution in [1.82, 2.24) is 25.5 Å². The number of rotatable bonds is 13. The van der Waals surface area contributed by atoms with E-state index in [-0.39, 0.29) is 19.6 Å². The van der Waals surface area contributed by atoms with Crippen molar-refractivity contribution in [3.05, 3.63) is 102 Å². The fraction of sp³-hybridized carbons (Fsp3) is 0.233. The molecule has 2 N–H and O–H groups in total. The van der Waals surface area contributed by atoms with Crippen LogP contribution in [0.5, 0.6) is 0 Å². The van der Waals surface area contributed by atoms with Crippen LogP contribution in [0.3, 0.4) is 0 Å². The lowest BCUT2D eigenvalue weighted by atomic mass is 10.0.